The molecular formula is C16H23N3O. The third-order valence-electron chi connectivity index (χ3n) is 4.72. The zero-order valence-electron chi connectivity index (χ0n) is 12.4. The number of pyridine rings is 1. The van der Waals surface area contributed by atoms with Crippen LogP contribution in [0.15, 0.2) is 18.5 Å². The van der Waals surface area contributed by atoms with Crippen LogP contribution >= 0.6 is 0 Å². The molecule has 4 heteroatoms. The van der Waals surface area contributed by atoms with Crippen molar-refractivity contribution in [1.29, 1.82) is 0 Å². The van der Waals surface area contributed by atoms with E-state index in [0.29, 0.717) is 12.0 Å². The van der Waals surface area contributed by atoms with Crippen LogP contribution in [-0.4, -0.2) is 34.3 Å². The molecular weight excluding hydrogens is 250 g/mol. The number of aliphatic hydroxyl groups excluding tert-OH is 1. The third-order valence-corrected chi connectivity index (χ3v) is 4.72. The van der Waals surface area contributed by atoms with E-state index in [0.717, 1.165) is 24.9 Å². The first kappa shape index (κ1) is 13.4. The Hall–Kier alpha value is -1.55. The number of hydrogen-bond acceptors (Lipinski definition) is 3. The molecule has 3 rings (SSSR count). The predicted molar refractivity (Wildman–Crippen MR) is 82.0 cm³/mol. The van der Waals surface area contributed by atoms with Crippen LogP contribution in [0.3, 0.4) is 0 Å². The zero-order valence-corrected chi connectivity index (χ0v) is 12.4. The maximum atomic E-state index is 9.99. The van der Waals surface area contributed by atoms with Gasteiger partial charge in [-0.15, -0.1) is 0 Å². The molecule has 108 valence electrons. The molecule has 1 saturated carbocycles. The Balaban J connectivity index is 2.01. The Morgan fingerprint density at radius 1 is 1.40 bits per heavy atom. The average molecular weight is 273 g/mol. The number of hydrogen-bond donors (Lipinski definition) is 2. The number of fused-ring (bicyclic) bond motifs is 1. The lowest BCUT2D eigenvalue weighted by molar-refractivity contribution is 0.0983. The van der Waals surface area contributed by atoms with Gasteiger partial charge in [0.2, 0.25) is 0 Å². The lowest BCUT2D eigenvalue weighted by Gasteiger charge is -2.40. The van der Waals surface area contributed by atoms with Crippen LogP contribution in [0.25, 0.3) is 11.0 Å². The molecule has 0 radical (unpaired) electrons. The highest BCUT2D eigenvalue weighted by atomic mass is 16.3. The van der Waals surface area contributed by atoms with E-state index in [2.05, 4.69) is 41.8 Å². The highest BCUT2D eigenvalue weighted by Gasteiger charge is 2.31. The van der Waals surface area contributed by atoms with Crippen LogP contribution in [0.2, 0.25) is 0 Å². The molecule has 0 spiro atoms. The molecule has 0 aromatic carbocycles. The minimum absolute atomic E-state index is 0.164. The first-order chi connectivity index (χ1) is 9.58. The van der Waals surface area contributed by atoms with Gasteiger partial charge in [0, 0.05) is 30.9 Å². The number of anilines is 1. The summed E-state index contributed by atoms with van der Waals surface area (Å²) in [5, 5.41) is 11.2. The molecule has 2 N–H and O–H groups in total. The number of H-pyrrole nitrogens is 1. The lowest BCUT2D eigenvalue weighted by Crippen LogP contribution is -2.43. The summed E-state index contributed by atoms with van der Waals surface area (Å²) in [5.41, 5.74) is 3.36. The van der Waals surface area contributed by atoms with Crippen molar-refractivity contribution in [3.63, 3.8) is 0 Å². The summed E-state index contributed by atoms with van der Waals surface area (Å²) >= 11 is 0. The summed E-state index contributed by atoms with van der Waals surface area (Å²) < 4.78 is 0. The van der Waals surface area contributed by atoms with Crippen LogP contribution in [0.5, 0.6) is 0 Å². The van der Waals surface area contributed by atoms with Crippen molar-refractivity contribution in [2.24, 2.45) is 5.92 Å². The van der Waals surface area contributed by atoms with Gasteiger partial charge in [0.25, 0.3) is 0 Å². The highest BCUT2D eigenvalue weighted by Crippen LogP contribution is 2.35. The molecule has 3 atom stereocenters. The first-order valence-corrected chi connectivity index (χ1v) is 7.41. The summed E-state index contributed by atoms with van der Waals surface area (Å²) in [7, 11) is 2.15. The molecule has 2 aromatic heterocycles. The maximum absolute atomic E-state index is 9.99. The van der Waals surface area contributed by atoms with Crippen molar-refractivity contribution >= 4 is 16.7 Å². The minimum atomic E-state index is -0.164. The van der Waals surface area contributed by atoms with Crippen molar-refractivity contribution in [3.8, 4) is 0 Å². The van der Waals surface area contributed by atoms with Crippen molar-refractivity contribution in [2.45, 2.75) is 45.3 Å². The monoisotopic (exact) mass is 273 g/mol. The molecule has 0 saturated heterocycles. The van der Waals surface area contributed by atoms with Crippen molar-refractivity contribution in [2.75, 3.05) is 11.9 Å². The number of aromatic amines is 1. The number of nitrogens with one attached hydrogen (secondary N) is 1. The van der Waals surface area contributed by atoms with Crippen molar-refractivity contribution < 1.29 is 5.11 Å². The number of aliphatic hydroxyl groups is 1. The van der Waals surface area contributed by atoms with Crippen LogP contribution in [0.1, 0.15) is 31.7 Å². The van der Waals surface area contributed by atoms with E-state index in [1.165, 1.54) is 16.6 Å². The molecule has 1 aliphatic carbocycles. The molecule has 0 amide bonds. The van der Waals surface area contributed by atoms with E-state index in [9.17, 15) is 5.11 Å². The first-order valence-electron chi connectivity index (χ1n) is 7.41. The summed E-state index contributed by atoms with van der Waals surface area (Å²) in [5.74, 6) is 0.602. The quantitative estimate of drug-likeness (QED) is 0.884. The number of aryl methyl sites for hydroxylation is 1. The fraction of sp³-hybridized carbons (Fsp3) is 0.562. The van der Waals surface area contributed by atoms with Gasteiger partial charge in [-0.05, 0) is 43.7 Å². The molecule has 1 fully saturated rings. The van der Waals surface area contributed by atoms with Gasteiger partial charge in [-0.1, -0.05) is 6.92 Å². The topological polar surface area (TPSA) is 52.2 Å². The maximum Gasteiger partial charge on any atom is 0.139 e. The third kappa shape index (κ3) is 2.18. The number of nitrogens with zero attached hydrogens (tertiary/aromatic N) is 2. The Labute approximate surface area is 119 Å². The van der Waals surface area contributed by atoms with E-state index in [1.54, 1.807) is 0 Å². The van der Waals surface area contributed by atoms with Gasteiger partial charge in [-0.25, -0.2) is 4.98 Å². The van der Waals surface area contributed by atoms with Crippen molar-refractivity contribution in [3.05, 3.63) is 24.0 Å². The smallest absolute Gasteiger partial charge is 0.139 e. The Morgan fingerprint density at radius 2 is 2.20 bits per heavy atom. The molecule has 0 bridgehead atoms. The van der Waals surface area contributed by atoms with Gasteiger partial charge < -0.3 is 15.0 Å². The van der Waals surface area contributed by atoms with Gasteiger partial charge in [0.1, 0.15) is 5.65 Å². The van der Waals surface area contributed by atoms with Crippen LogP contribution < -0.4 is 4.90 Å². The second kappa shape index (κ2) is 5.09. The van der Waals surface area contributed by atoms with Gasteiger partial charge in [0.15, 0.2) is 0 Å². The fourth-order valence-corrected chi connectivity index (χ4v) is 3.54. The number of rotatable bonds is 2. The normalized spacial score (nSPS) is 26.9. The van der Waals surface area contributed by atoms with Crippen LogP contribution in [-0.2, 0) is 0 Å². The summed E-state index contributed by atoms with van der Waals surface area (Å²) in [6.45, 7) is 4.40. The SMILES string of the molecule is Cc1cnc2[nH]ccc2c1N(C)[C@@H]1C[C@H](O)CC[C@H]1C. The van der Waals surface area contributed by atoms with E-state index in [-0.39, 0.29) is 6.10 Å². The Kier molecular flexibility index (Phi) is 3.42. The second-order valence-electron chi connectivity index (χ2n) is 6.15. The standard InChI is InChI=1S/C16H23N3O/c1-10-4-5-12(20)8-14(10)19(3)15-11(2)9-18-16-13(15)6-7-17-16/h6-7,9-10,12,14,20H,4-5,8H2,1-3H3,(H,17,18)/t10-,12-,14-/m1/s1. The van der Waals surface area contributed by atoms with E-state index in [4.69, 9.17) is 0 Å². The molecule has 0 aliphatic heterocycles. The summed E-state index contributed by atoms with van der Waals surface area (Å²) in [6.07, 6.45) is 6.58. The van der Waals surface area contributed by atoms with Crippen LogP contribution in [0.4, 0.5) is 5.69 Å². The molecule has 2 heterocycles. The van der Waals surface area contributed by atoms with Gasteiger partial charge in [-0.3, -0.25) is 0 Å². The second-order valence-corrected chi connectivity index (χ2v) is 6.15. The zero-order chi connectivity index (χ0) is 14.3. The highest BCUT2D eigenvalue weighted by molar-refractivity contribution is 5.91. The summed E-state index contributed by atoms with van der Waals surface area (Å²) in [4.78, 5) is 9.96. The Bertz CT molecular complexity index is 607. The van der Waals surface area contributed by atoms with Gasteiger partial charge in [-0.2, -0.15) is 0 Å². The average Bonchev–Trinajstić information content (AvgIpc) is 2.89. The van der Waals surface area contributed by atoms with Crippen LogP contribution in [0, 0.1) is 12.8 Å². The lowest BCUT2D eigenvalue weighted by atomic mass is 9.83. The molecule has 20 heavy (non-hydrogen) atoms. The van der Waals surface area contributed by atoms with E-state index in [1.807, 2.05) is 12.4 Å². The minimum Gasteiger partial charge on any atom is -0.393 e. The molecule has 4 nitrogen and oxygen atoms in total. The van der Waals surface area contributed by atoms with E-state index < -0.39 is 0 Å². The van der Waals surface area contributed by atoms with Gasteiger partial charge in [0.05, 0.1) is 11.8 Å². The van der Waals surface area contributed by atoms with E-state index >= 15 is 0 Å². The molecule has 1 aliphatic rings. The summed E-state index contributed by atoms with van der Waals surface area (Å²) in [6, 6.07) is 2.48. The fourth-order valence-electron chi connectivity index (χ4n) is 3.54. The van der Waals surface area contributed by atoms with Crippen molar-refractivity contribution in [1.82, 2.24) is 9.97 Å². The largest absolute Gasteiger partial charge is 0.393 e. The number of aromatic nitrogens is 2. The predicted octanol–water partition coefficient (Wildman–Crippen LogP) is 2.86. The molecule has 0 unspecified atom stereocenters. The molecule has 2 aromatic rings. The Morgan fingerprint density at radius 3 is 3.00 bits per heavy atom. The van der Waals surface area contributed by atoms with Gasteiger partial charge >= 0.3 is 0 Å².